The van der Waals surface area contributed by atoms with E-state index < -0.39 is 20.0 Å². The van der Waals surface area contributed by atoms with E-state index in [4.69, 9.17) is 0 Å². The normalized spacial score (nSPS) is 12.6. The van der Waals surface area contributed by atoms with Crippen LogP contribution in [0.2, 0.25) is 0 Å². The number of halogens is 1. The van der Waals surface area contributed by atoms with Gasteiger partial charge in [0, 0.05) is 0 Å². The molecule has 38 heavy (non-hydrogen) atoms. The van der Waals surface area contributed by atoms with Crippen molar-refractivity contribution in [2.45, 2.75) is 29.6 Å². The van der Waals surface area contributed by atoms with Gasteiger partial charge in [0.1, 0.15) is 0 Å². The van der Waals surface area contributed by atoms with E-state index in [9.17, 15) is 16.8 Å². The van der Waals surface area contributed by atoms with Crippen molar-refractivity contribution in [3.8, 4) is 0 Å². The molecule has 4 aromatic rings. The second-order valence-corrected chi connectivity index (χ2v) is 15.4. The molecule has 0 aliphatic carbocycles. The van der Waals surface area contributed by atoms with Gasteiger partial charge in [-0.25, -0.2) is 0 Å². The zero-order chi connectivity index (χ0) is 27.2. The maximum atomic E-state index is 14.3. The van der Waals surface area contributed by atoms with Gasteiger partial charge in [-0.3, -0.25) is 0 Å². The average Bonchev–Trinajstić information content (AvgIpc) is 2.93. The van der Waals surface area contributed by atoms with Gasteiger partial charge in [0.25, 0.3) is 0 Å². The van der Waals surface area contributed by atoms with Crippen molar-refractivity contribution in [3.63, 3.8) is 0 Å². The molecule has 0 unspecified atom stereocenters. The molecule has 9 heteroatoms. The molecule has 196 valence electrons. The maximum absolute atomic E-state index is 14.3. The number of allylic oxidation sites excluding steroid dienone is 1. The van der Waals surface area contributed by atoms with Crippen LogP contribution in [-0.4, -0.2) is 35.5 Å². The third kappa shape index (κ3) is 6.13. The van der Waals surface area contributed by atoms with Gasteiger partial charge in [0.2, 0.25) is 0 Å². The summed E-state index contributed by atoms with van der Waals surface area (Å²) < 4.78 is 60.4. The fraction of sp³-hybridized carbons (Fsp3) is 0.103. The van der Waals surface area contributed by atoms with Gasteiger partial charge < -0.3 is 0 Å². The van der Waals surface area contributed by atoms with Gasteiger partial charge in [0.05, 0.1) is 0 Å². The molecule has 0 saturated carbocycles. The number of hydrogen-bond donors (Lipinski definition) is 0. The Morgan fingerprint density at radius 1 is 0.684 bits per heavy atom. The molecule has 0 aromatic heterocycles. The second-order valence-electron chi connectivity index (χ2n) is 8.25. The summed E-state index contributed by atoms with van der Waals surface area (Å²) in [5.41, 5.74) is 0.656. The Bertz CT molecular complexity index is 1560. The predicted octanol–water partition coefficient (Wildman–Crippen LogP) is 6.03. The van der Waals surface area contributed by atoms with Crippen molar-refractivity contribution in [2.24, 2.45) is 0 Å². The molecule has 0 aliphatic heterocycles. The molecule has 0 spiro atoms. The van der Waals surface area contributed by atoms with Crippen molar-refractivity contribution in [1.29, 1.82) is 0 Å². The van der Waals surface area contributed by atoms with Crippen LogP contribution in [0.1, 0.15) is 25.3 Å². The van der Waals surface area contributed by atoms with E-state index in [-0.39, 0.29) is 30.4 Å². The van der Waals surface area contributed by atoms with Crippen LogP contribution in [0, 0.1) is 0 Å². The van der Waals surface area contributed by atoms with Gasteiger partial charge in [-0.1, -0.05) is 0 Å². The number of sulfonamides is 2. The number of benzene rings is 4. The number of nitrogens with zero attached hydrogens (tertiary/aromatic N) is 1. The van der Waals surface area contributed by atoms with Crippen LogP contribution in [0.4, 0.5) is 0 Å². The molecule has 0 atom stereocenters. The van der Waals surface area contributed by atoms with Crippen LogP contribution < -0.4 is 4.46 Å². The number of rotatable bonds is 10. The van der Waals surface area contributed by atoms with Crippen molar-refractivity contribution in [2.75, 3.05) is 0 Å². The van der Waals surface area contributed by atoms with E-state index >= 15 is 0 Å². The monoisotopic (exact) mass is 675 g/mol. The third-order valence-electron chi connectivity index (χ3n) is 5.56. The first-order valence-corrected chi connectivity index (χ1v) is 17.3. The molecule has 4 aromatic carbocycles. The average molecular weight is 676 g/mol. The Morgan fingerprint density at radius 2 is 1.13 bits per heavy atom. The van der Waals surface area contributed by atoms with Crippen molar-refractivity contribution in [3.05, 3.63) is 130 Å². The second kappa shape index (κ2) is 12.5. The Labute approximate surface area is 239 Å². The fourth-order valence-corrected chi connectivity index (χ4v) is 10.9. The van der Waals surface area contributed by atoms with Crippen molar-refractivity contribution >= 4 is 61.1 Å². The van der Waals surface area contributed by atoms with Gasteiger partial charge in [-0.15, -0.1) is 0 Å². The van der Waals surface area contributed by atoms with E-state index in [1.54, 1.807) is 54.6 Å². The third-order valence-corrected chi connectivity index (χ3v) is 12.8. The van der Waals surface area contributed by atoms with Crippen LogP contribution in [0.3, 0.4) is 0 Å². The molecule has 0 amide bonds. The zero-order valence-corrected chi connectivity index (χ0v) is 25.5. The standard InChI is InChI=1S/C29H26BrNO4S2Se/c1-2-14-28(38-25-19-10-5-11-20-25)29(26-21-12-13-22-27(26)30)31(36(32,33)23-15-6-3-7-16-23)37(34,35)24-17-8-4-9-18-24/h3-13,15-22H,2,14H2,1H3/b29-28+. The molecule has 0 aliphatic rings. The molecule has 0 fully saturated rings. The molecular weight excluding hydrogens is 649 g/mol. The summed E-state index contributed by atoms with van der Waals surface area (Å²) in [6, 6.07) is 32.3. The molecular formula is C29H26BrNO4S2Se. The van der Waals surface area contributed by atoms with E-state index in [1.165, 1.54) is 24.3 Å². The summed E-state index contributed by atoms with van der Waals surface area (Å²) >= 11 is 3.22. The Balaban J connectivity index is 2.12. The van der Waals surface area contributed by atoms with Gasteiger partial charge in [-0.2, -0.15) is 0 Å². The van der Waals surface area contributed by atoms with E-state index in [2.05, 4.69) is 15.9 Å². The molecule has 0 bridgehead atoms. The summed E-state index contributed by atoms with van der Waals surface area (Å²) in [5.74, 6) is 0. The predicted molar refractivity (Wildman–Crippen MR) is 157 cm³/mol. The van der Waals surface area contributed by atoms with Gasteiger partial charge >= 0.3 is 241 Å². The van der Waals surface area contributed by atoms with Crippen LogP contribution in [0.15, 0.2) is 134 Å². The Morgan fingerprint density at radius 3 is 1.61 bits per heavy atom. The summed E-state index contributed by atoms with van der Waals surface area (Å²) in [4.78, 5) is -0.209. The van der Waals surface area contributed by atoms with E-state index in [1.807, 2.05) is 43.3 Å². The molecule has 0 heterocycles. The first-order chi connectivity index (χ1) is 18.3. The van der Waals surface area contributed by atoms with Crippen LogP contribution in [0.5, 0.6) is 0 Å². The van der Waals surface area contributed by atoms with E-state index in [0.29, 0.717) is 26.6 Å². The van der Waals surface area contributed by atoms with Crippen LogP contribution in [0.25, 0.3) is 5.70 Å². The summed E-state index contributed by atoms with van der Waals surface area (Å²) in [6.45, 7) is 2.00. The molecule has 5 nitrogen and oxygen atoms in total. The van der Waals surface area contributed by atoms with Gasteiger partial charge in [-0.05, 0) is 0 Å². The topological polar surface area (TPSA) is 71.5 Å². The minimum absolute atomic E-state index is 0.105. The van der Waals surface area contributed by atoms with Crippen molar-refractivity contribution < 1.29 is 16.8 Å². The molecule has 0 saturated heterocycles. The molecule has 4 rings (SSSR count). The molecule has 0 N–H and O–H groups in total. The summed E-state index contributed by atoms with van der Waals surface area (Å²) in [5, 5.41) is 0. The first-order valence-electron chi connectivity index (χ1n) is 11.9. The quantitative estimate of drug-likeness (QED) is 0.193. The number of hydrogen-bond acceptors (Lipinski definition) is 4. The van der Waals surface area contributed by atoms with Crippen molar-refractivity contribution in [1.82, 2.24) is 3.71 Å². The minimum atomic E-state index is -4.55. The van der Waals surface area contributed by atoms with Crippen LogP contribution >= 0.6 is 15.9 Å². The summed E-state index contributed by atoms with van der Waals surface area (Å²) in [7, 11) is -9.10. The zero-order valence-electron chi connectivity index (χ0n) is 20.6. The SMILES string of the molecule is CCC/C([Se]c1ccccc1)=C(/c1ccccc1Br)N(S(=O)(=O)c1ccccc1)S(=O)(=O)c1ccccc1. The van der Waals surface area contributed by atoms with E-state index in [0.717, 1.165) is 8.93 Å². The van der Waals surface area contributed by atoms with Gasteiger partial charge in [0.15, 0.2) is 0 Å². The summed E-state index contributed by atoms with van der Waals surface area (Å²) in [6.07, 6.45) is 1.24. The van der Waals surface area contributed by atoms with Crippen LogP contribution in [-0.2, 0) is 20.0 Å². The molecule has 0 radical (unpaired) electrons. The Hall–Kier alpha value is -2.68. The first kappa shape index (κ1) is 28.3. The Kier molecular flexibility index (Phi) is 9.28. The fourth-order valence-electron chi connectivity index (χ4n) is 3.83.